The number of alkyl halides is 3. The fraction of sp³-hybridized carbons (Fsp3) is 0.235. The van der Waals surface area contributed by atoms with Gasteiger partial charge in [-0.2, -0.15) is 13.2 Å². The summed E-state index contributed by atoms with van der Waals surface area (Å²) in [7, 11) is 1.45. The average Bonchev–Trinajstić information content (AvgIpc) is 2.55. The number of rotatable bonds is 6. The number of carbonyl (C=O) groups is 1. The van der Waals surface area contributed by atoms with E-state index in [1.807, 2.05) is 0 Å². The van der Waals surface area contributed by atoms with Crippen LogP contribution in [0, 0.1) is 0 Å². The van der Waals surface area contributed by atoms with Gasteiger partial charge in [0, 0.05) is 18.9 Å². The molecular weight excluding hydrogens is 339 g/mol. The normalized spacial score (nSPS) is 11.0. The molecule has 2 rings (SSSR count). The zero-order valence-corrected chi connectivity index (χ0v) is 13.3. The minimum absolute atomic E-state index is 0.0399. The third kappa shape index (κ3) is 6.00. The van der Waals surface area contributed by atoms with Crippen molar-refractivity contribution in [1.82, 2.24) is 0 Å². The van der Waals surface area contributed by atoms with Crippen molar-refractivity contribution in [2.24, 2.45) is 0 Å². The fourth-order valence-electron chi connectivity index (χ4n) is 1.90. The zero-order chi connectivity index (χ0) is 18.3. The topological polar surface area (TPSA) is 56.8 Å². The molecule has 0 saturated heterocycles. The van der Waals surface area contributed by atoms with Gasteiger partial charge in [0.15, 0.2) is 0 Å². The molecule has 25 heavy (non-hydrogen) atoms. The van der Waals surface area contributed by atoms with Gasteiger partial charge in [-0.15, -0.1) is 0 Å². The lowest BCUT2D eigenvalue weighted by atomic mass is 10.2. The van der Waals surface area contributed by atoms with Crippen molar-refractivity contribution < 1.29 is 32.2 Å². The van der Waals surface area contributed by atoms with E-state index in [0.717, 1.165) is 12.1 Å². The molecule has 1 amide bonds. The molecule has 8 heteroatoms. The highest BCUT2D eigenvalue weighted by Crippen LogP contribution is 2.34. The Morgan fingerprint density at radius 2 is 1.76 bits per heavy atom. The number of methoxy groups -OCH3 is 1. The molecule has 0 saturated carbocycles. The van der Waals surface area contributed by atoms with E-state index in [1.54, 1.807) is 30.3 Å². The first-order chi connectivity index (χ1) is 11.9. The van der Waals surface area contributed by atoms with Crippen LogP contribution in [-0.4, -0.2) is 26.4 Å². The van der Waals surface area contributed by atoms with Crippen molar-refractivity contribution in [1.29, 1.82) is 0 Å². The summed E-state index contributed by atoms with van der Waals surface area (Å²) < 4.78 is 54.0. The number of benzene rings is 2. The Hall–Kier alpha value is -2.74. The van der Waals surface area contributed by atoms with Crippen LogP contribution in [-0.2, 0) is 10.9 Å². The molecule has 5 nitrogen and oxygen atoms in total. The number of anilines is 1. The van der Waals surface area contributed by atoms with Crippen molar-refractivity contribution in [3.8, 4) is 11.5 Å². The Labute approximate surface area is 142 Å². The number of nitrogens with one attached hydrogen (secondary N) is 1. The van der Waals surface area contributed by atoms with E-state index >= 15 is 0 Å². The molecule has 0 aliphatic rings. The molecule has 0 fully saturated rings. The van der Waals surface area contributed by atoms with Gasteiger partial charge in [-0.3, -0.25) is 5.32 Å². The maximum absolute atomic E-state index is 13.0. The van der Waals surface area contributed by atoms with Crippen LogP contribution in [0.5, 0.6) is 11.5 Å². The van der Waals surface area contributed by atoms with E-state index in [2.05, 4.69) is 5.32 Å². The van der Waals surface area contributed by atoms with Gasteiger partial charge in [0.1, 0.15) is 18.1 Å². The van der Waals surface area contributed by atoms with Crippen LogP contribution in [0.15, 0.2) is 48.5 Å². The second kappa shape index (κ2) is 8.39. The van der Waals surface area contributed by atoms with Gasteiger partial charge < -0.3 is 14.2 Å². The highest BCUT2D eigenvalue weighted by atomic mass is 19.4. The third-order valence-corrected chi connectivity index (χ3v) is 2.99. The summed E-state index contributed by atoms with van der Waals surface area (Å²) in [5.41, 5.74) is -1.04. The van der Waals surface area contributed by atoms with Crippen LogP contribution in [0.4, 0.5) is 23.7 Å². The summed E-state index contributed by atoms with van der Waals surface area (Å²) in [6.45, 7) is 0.292. The largest absolute Gasteiger partial charge is 0.491 e. The summed E-state index contributed by atoms with van der Waals surface area (Å²) in [4.78, 5) is 11.8. The number of carbonyl (C=O) groups excluding carboxylic acids is 1. The van der Waals surface area contributed by atoms with E-state index < -0.39 is 17.8 Å². The molecule has 0 aliphatic carbocycles. The quantitative estimate of drug-likeness (QED) is 0.783. The van der Waals surface area contributed by atoms with Crippen molar-refractivity contribution in [2.75, 3.05) is 25.6 Å². The molecule has 2 aromatic rings. The highest BCUT2D eigenvalue weighted by molar-refractivity contribution is 5.86. The van der Waals surface area contributed by atoms with E-state index in [0.29, 0.717) is 0 Å². The molecule has 0 unspecified atom stereocenters. The van der Waals surface area contributed by atoms with Gasteiger partial charge in [-0.1, -0.05) is 18.2 Å². The lowest BCUT2D eigenvalue weighted by Crippen LogP contribution is -2.17. The van der Waals surface area contributed by atoms with Crippen LogP contribution in [0.2, 0.25) is 0 Å². The predicted molar refractivity (Wildman–Crippen MR) is 84.9 cm³/mol. The van der Waals surface area contributed by atoms with Crippen molar-refractivity contribution in [3.05, 3.63) is 54.1 Å². The van der Waals surface area contributed by atoms with E-state index in [1.165, 1.54) is 13.2 Å². The Kier molecular flexibility index (Phi) is 6.24. The summed E-state index contributed by atoms with van der Waals surface area (Å²) >= 11 is 0. The third-order valence-electron chi connectivity index (χ3n) is 2.99. The Bertz CT molecular complexity index is 705. The Morgan fingerprint density at radius 3 is 2.40 bits per heavy atom. The second-order valence-electron chi connectivity index (χ2n) is 4.91. The van der Waals surface area contributed by atoms with Gasteiger partial charge in [0.2, 0.25) is 0 Å². The monoisotopic (exact) mass is 355 g/mol. The summed E-state index contributed by atoms with van der Waals surface area (Å²) in [6, 6.07) is 11.1. The van der Waals surface area contributed by atoms with Gasteiger partial charge in [-0.05, 0) is 24.3 Å². The van der Waals surface area contributed by atoms with Crippen molar-refractivity contribution in [3.63, 3.8) is 0 Å². The van der Waals surface area contributed by atoms with Crippen LogP contribution in [0.25, 0.3) is 0 Å². The summed E-state index contributed by atoms with van der Waals surface area (Å²) in [6.07, 6.45) is -5.49. The minimum Gasteiger partial charge on any atom is -0.491 e. The molecule has 0 bridgehead atoms. The lowest BCUT2D eigenvalue weighted by Gasteiger charge is -2.14. The number of halogens is 3. The molecule has 0 atom stereocenters. The maximum Gasteiger partial charge on any atom is 0.417 e. The number of hydrogen-bond donors (Lipinski definition) is 1. The van der Waals surface area contributed by atoms with Crippen LogP contribution < -0.4 is 14.8 Å². The first kappa shape index (κ1) is 18.6. The average molecular weight is 355 g/mol. The molecule has 0 radical (unpaired) electrons. The second-order valence-corrected chi connectivity index (χ2v) is 4.91. The van der Waals surface area contributed by atoms with Gasteiger partial charge >= 0.3 is 12.3 Å². The Balaban J connectivity index is 2.14. The van der Waals surface area contributed by atoms with Gasteiger partial charge in [-0.25, -0.2) is 4.79 Å². The van der Waals surface area contributed by atoms with Crippen LogP contribution in [0.3, 0.4) is 0 Å². The highest BCUT2D eigenvalue weighted by Gasteiger charge is 2.31. The van der Waals surface area contributed by atoms with E-state index in [-0.39, 0.29) is 30.4 Å². The van der Waals surface area contributed by atoms with Crippen molar-refractivity contribution >= 4 is 11.8 Å². The lowest BCUT2D eigenvalue weighted by molar-refractivity contribution is -0.137. The molecule has 134 valence electrons. The smallest absolute Gasteiger partial charge is 0.417 e. The van der Waals surface area contributed by atoms with Gasteiger partial charge in [0.25, 0.3) is 0 Å². The number of para-hydroxylation sites is 1. The first-order valence-corrected chi connectivity index (χ1v) is 7.26. The SMILES string of the molecule is COCCOc1cc(NC(=O)Oc2ccccc2)cc(C(F)(F)F)c1. The number of hydrogen-bond acceptors (Lipinski definition) is 4. The van der Waals surface area contributed by atoms with E-state index in [9.17, 15) is 18.0 Å². The molecule has 0 heterocycles. The molecule has 2 aromatic carbocycles. The minimum atomic E-state index is -4.58. The molecule has 0 spiro atoms. The summed E-state index contributed by atoms with van der Waals surface area (Å²) in [5, 5.41) is 2.26. The predicted octanol–water partition coefficient (Wildman–Crippen LogP) is 4.34. The molecule has 0 aliphatic heterocycles. The molecular formula is C17H16F3NO4. The maximum atomic E-state index is 13.0. The first-order valence-electron chi connectivity index (χ1n) is 7.26. The van der Waals surface area contributed by atoms with Crippen molar-refractivity contribution in [2.45, 2.75) is 6.18 Å². The summed E-state index contributed by atoms with van der Waals surface area (Å²) in [5.74, 6) is 0.227. The number of amides is 1. The fourth-order valence-corrected chi connectivity index (χ4v) is 1.90. The molecule has 1 N–H and O–H groups in total. The van der Waals surface area contributed by atoms with Crippen LogP contribution in [0.1, 0.15) is 5.56 Å². The van der Waals surface area contributed by atoms with Crippen LogP contribution >= 0.6 is 0 Å². The number of ether oxygens (including phenoxy) is 3. The zero-order valence-electron chi connectivity index (χ0n) is 13.3. The van der Waals surface area contributed by atoms with E-state index in [4.69, 9.17) is 14.2 Å². The van der Waals surface area contributed by atoms with Gasteiger partial charge in [0.05, 0.1) is 12.2 Å². The Morgan fingerprint density at radius 1 is 1.04 bits per heavy atom. The standard InChI is InChI=1S/C17H16F3NO4/c1-23-7-8-24-15-10-12(17(18,19)20)9-13(11-15)21-16(22)25-14-5-3-2-4-6-14/h2-6,9-11H,7-8H2,1H3,(H,21,22). The molecule has 0 aromatic heterocycles.